The summed E-state index contributed by atoms with van der Waals surface area (Å²) in [5.41, 5.74) is -0.771. The van der Waals surface area contributed by atoms with Crippen molar-refractivity contribution in [1.29, 1.82) is 0 Å². The highest BCUT2D eigenvalue weighted by Gasteiger charge is 2.61. The Hall–Kier alpha value is -1.65. The van der Waals surface area contributed by atoms with Crippen molar-refractivity contribution in [2.75, 3.05) is 0 Å². The molecule has 0 saturated heterocycles. The SMILES string of the molecule is CC(C)(C=O)NC(=O)[C@@H]1CC[C@@H]2[C@H]3CC[C@@H]4NC(=O)C=C[C@@]4(C)[C@@H]3CC[C@]21C. The zero-order valence-corrected chi connectivity index (χ0v) is 17.6. The molecule has 0 aromatic rings. The van der Waals surface area contributed by atoms with Crippen LogP contribution >= 0.6 is 0 Å². The van der Waals surface area contributed by atoms with E-state index in [0.717, 1.165) is 44.8 Å². The third kappa shape index (κ3) is 2.84. The van der Waals surface area contributed by atoms with Crippen LogP contribution < -0.4 is 10.6 Å². The smallest absolute Gasteiger partial charge is 0.243 e. The maximum Gasteiger partial charge on any atom is 0.243 e. The Morgan fingerprint density at radius 2 is 1.93 bits per heavy atom. The molecule has 5 nitrogen and oxygen atoms in total. The molecule has 2 amide bonds. The first kappa shape index (κ1) is 19.7. The van der Waals surface area contributed by atoms with Crippen molar-refractivity contribution in [1.82, 2.24) is 10.6 Å². The van der Waals surface area contributed by atoms with Gasteiger partial charge in [-0.15, -0.1) is 0 Å². The van der Waals surface area contributed by atoms with Gasteiger partial charge in [0, 0.05) is 17.4 Å². The number of amides is 2. The molecule has 5 heteroatoms. The van der Waals surface area contributed by atoms with Gasteiger partial charge in [0.25, 0.3) is 0 Å². The van der Waals surface area contributed by atoms with E-state index in [-0.39, 0.29) is 34.6 Å². The second-order valence-electron chi connectivity index (χ2n) is 10.7. The van der Waals surface area contributed by atoms with E-state index in [1.54, 1.807) is 19.9 Å². The van der Waals surface area contributed by atoms with E-state index in [9.17, 15) is 14.4 Å². The Labute approximate surface area is 168 Å². The minimum absolute atomic E-state index is 0.00897. The summed E-state index contributed by atoms with van der Waals surface area (Å²) in [6.45, 7) is 8.15. The molecule has 4 rings (SSSR count). The molecular weight excluding hydrogens is 352 g/mol. The third-order valence-corrected chi connectivity index (χ3v) is 8.74. The normalized spacial score (nSPS) is 44.7. The van der Waals surface area contributed by atoms with Crippen molar-refractivity contribution in [3.63, 3.8) is 0 Å². The van der Waals surface area contributed by atoms with Gasteiger partial charge in [-0.1, -0.05) is 19.9 Å². The van der Waals surface area contributed by atoms with Gasteiger partial charge in [-0.3, -0.25) is 9.59 Å². The monoisotopic (exact) mass is 386 g/mol. The van der Waals surface area contributed by atoms with E-state index >= 15 is 0 Å². The molecule has 3 aliphatic carbocycles. The number of nitrogens with one attached hydrogen (secondary N) is 2. The van der Waals surface area contributed by atoms with Gasteiger partial charge in [0.1, 0.15) is 6.29 Å². The highest BCUT2D eigenvalue weighted by Crippen LogP contribution is 2.65. The van der Waals surface area contributed by atoms with Crippen LogP contribution in [0, 0.1) is 34.5 Å². The van der Waals surface area contributed by atoms with Gasteiger partial charge in [0.15, 0.2) is 0 Å². The van der Waals surface area contributed by atoms with E-state index in [0.29, 0.717) is 17.8 Å². The summed E-state index contributed by atoms with van der Waals surface area (Å²) in [7, 11) is 0. The molecule has 154 valence electrons. The predicted molar refractivity (Wildman–Crippen MR) is 107 cm³/mol. The topological polar surface area (TPSA) is 75.3 Å². The lowest BCUT2D eigenvalue weighted by Crippen LogP contribution is -2.60. The fraction of sp³-hybridized carbons (Fsp3) is 0.783. The van der Waals surface area contributed by atoms with Crippen molar-refractivity contribution in [2.24, 2.45) is 34.5 Å². The summed E-state index contributed by atoms with van der Waals surface area (Å²) in [5.74, 6) is 1.79. The van der Waals surface area contributed by atoms with Crippen LogP contribution in [0.3, 0.4) is 0 Å². The predicted octanol–water partition coefficient (Wildman–Crippen LogP) is 2.99. The van der Waals surface area contributed by atoms with Crippen molar-refractivity contribution in [3.8, 4) is 0 Å². The summed E-state index contributed by atoms with van der Waals surface area (Å²) in [6.07, 6.45) is 11.0. The number of carbonyl (C=O) groups excluding carboxylic acids is 3. The second kappa shape index (κ2) is 6.43. The zero-order chi connectivity index (χ0) is 20.3. The second-order valence-corrected chi connectivity index (χ2v) is 10.7. The van der Waals surface area contributed by atoms with Crippen molar-refractivity contribution in [2.45, 2.75) is 77.8 Å². The number of aldehydes is 1. The molecule has 0 aromatic heterocycles. The van der Waals surface area contributed by atoms with Crippen LogP contribution in [0.5, 0.6) is 0 Å². The van der Waals surface area contributed by atoms with Crippen LogP contribution in [-0.2, 0) is 14.4 Å². The first-order valence-electron chi connectivity index (χ1n) is 10.9. The largest absolute Gasteiger partial charge is 0.349 e. The zero-order valence-electron chi connectivity index (χ0n) is 17.6. The molecule has 0 aromatic carbocycles. The average Bonchev–Trinajstić information content (AvgIpc) is 2.99. The number of carbonyl (C=O) groups is 3. The van der Waals surface area contributed by atoms with Crippen molar-refractivity contribution in [3.05, 3.63) is 12.2 Å². The lowest BCUT2D eigenvalue weighted by atomic mass is 9.48. The highest BCUT2D eigenvalue weighted by molar-refractivity contribution is 5.89. The van der Waals surface area contributed by atoms with E-state index in [1.165, 1.54) is 0 Å². The molecule has 7 atom stereocenters. The Balaban J connectivity index is 1.57. The molecule has 1 heterocycles. The van der Waals surface area contributed by atoms with E-state index in [4.69, 9.17) is 0 Å². The average molecular weight is 387 g/mol. The maximum absolute atomic E-state index is 13.0. The minimum atomic E-state index is -0.806. The number of rotatable bonds is 3. The molecule has 1 aliphatic heterocycles. The molecule has 0 unspecified atom stereocenters. The van der Waals surface area contributed by atoms with Gasteiger partial charge in [0.2, 0.25) is 11.8 Å². The van der Waals surface area contributed by atoms with Crippen molar-refractivity contribution >= 4 is 18.1 Å². The molecule has 2 N–H and O–H groups in total. The van der Waals surface area contributed by atoms with Crippen LogP contribution in [0.2, 0.25) is 0 Å². The lowest BCUT2D eigenvalue weighted by molar-refractivity contribution is -0.136. The molecule has 0 bridgehead atoms. The number of fused-ring (bicyclic) bond motifs is 5. The van der Waals surface area contributed by atoms with E-state index in [2.05, 4.69) is 30.6 Å². The summed E-state index contributed by atoms with van der Waals surface area (Å²) in [5, 5.41) is 6.17. The molecule has 3 fully saturated rings. The first-order valence-corrected chi connectivity index (χ1v) is 10.9. The molecule has 4 aliphatic rings. The summed E-state index contributed by atoms with van der Waals surface area (Å²) in [6, 6.07) is 0.240. The van der Waals surface area contributed by atoms with Gasteiger partial charge < -0.3 is 15.4 Å². The van der Waals surface area contributed by atoms with Crippen LogP contribution in [0.25, 0.3) is 0 Å². The third-order valence-electron chi connectivity index (χ3n) is 8.74. The summed E-state index contributed by atoms with van der Waals surface area (Å²) < 4.78 is 0. The fourth-order valence-corrected chi connectivity index (χ4v) is 7.20. The Morgan fingerprint density at radius 3 is 2.64 bits per heavy atom. The minimum Gasteiger partial charge on any atom is -0.349 e. The lowest BCUT2D eigenvalue weighted by Gasteiger charge is -2.58. The molecule has 0 spiro atoms. The van der Waals surface area contributed by atoms with E-state index < -0.39 is 5.54 Å². The summed E-state index contributed by atoms with van der Waals surface area (Å²) >= 11 is 0. The maximum atomic E-state index is 13.0. The standard InChI is InChI=1S/C23H34N2O3/c1-21(2,13-26)25-20(28)17-7-6-15-14-5-8-18-23(4,12-10-19(27)24-18)16(14)9-11-22(15,17)3/h10,12-18H,5-9,11H2,1-4H3,(H,24,27)(H,25,28)/t14-,15-,16-,17+,18+,22-,23+/m1/s1. The van der Waals surface area contributed by atoms with Crippen molar-refractivity contribution < 1.29 is 14.4 Å². The van der Waals surface area contributed by atoms with Gasteiger partial charge in [0.05, 0.1) is 5.54 Å². The van der Waals surface area contributed by atoms with E-state index in [1.807, 2.05) is 0 Å². The molecular formula is C23H34N2O3. The Kier molecular flexibility index (Phi) is 4.51. The summed E-state index contributed by atoms with van der Waals surface area (Å²) in [4.78, 5) is 36.2. The van der Waals surface area contributed by atoms with Gasteiger partial charge in [-0.05, 0) is 81.6 Å². The van der Waals surface area contributed by atoms with Gasteiger partial charge in [-0.25, -0.2) is 0 Å². The molecule has 28 heavy (non-hydrogen) atoms. The molecule has 3 saturated carbocycles. The Bertz CT molecular complexity index is 729. The van der Waals surface area contributed by atoms with Gasteiger partial charge >= 0.3 is 0 Å². The van der Waals surface area contributed by atoms with Crippen LogP contribution in [-0.4, -0.2) is 29.7 Å². The number of hydrogen-bond acceptors (Lipinski definition) is 3. The first-order chi connectivity index (χ1) is 13.1. The molecule has 0 radical (unpaired) electrons. The van der Waals surface area contributed by atoms with Crippen LogP contribution in [0.4, 0.5) is 0 Å². The van der Waals surface area contributed by atoms with Crippen LogP contribution in [0.1, 0.15) is 66.2 Å². The Morgan fingerprint density at radius 1 is 1.18 bits per heavy atom. The van der Waals surface area contributed by atoms with Gasteiger partial charge in [-0.2, -0.15) is 0 Å². The van der Waals surface area contributed by atoms with Crippen LogP contribution in [0.15, 0.2) is 12.2 Å². The fourth-order valence-electron chi connectivity index (χ4n) is 7.20. The highest BCUT2D eigenvalue weighted by atomic mass is 16.2. The quantitative estimate of drug-likeness (QED) is 0.732. The number of hydrogen-bond donors (Lipinski definition) is 2.